The van der Waals surface area contributed by atoms with Crippen LogP contribution in [0.15, 0.2) is 18.2 Å². The highest BCUT2D eigenvalue weighted by atomic mass is 16.3. The lowest BCUT2D eigenvalue weighted by Gasteiger charge is -2.24. The maximum Gasteiger partial charge on any atom is 0.257 e. The maximum absolute atomic E-state index is 12.2. The fourth-order valence-electron chi connectivity index (χ4n) is 2.34. The van der Waals surface area contributed by atoms with Crippen molar-refractivity contribution in [1.29, 1.82) is 0 Å². The molecular formula is C13H17NO3. The van der Waals surface area contributed by atoms with Crippen molar-refractivity contribution in [3.05, 3.63) is 23.8 Å². The highest BCUT2D eigenvalue weighted by molar-refractivity contribution is 5.97. The van der Waals surface area contributed by atoms with Crippen molar-refractivity contribution in [2.24, 2.45) is 0 Å². The molecular weight excluding hydrogens is 218 g/mol. The van der Waals surface area contributed by atoms with E-state index in [4.69, 9.17) is 0 Å². The molecule has 0 aromatic heterocycles. The van der Waals surface area contributed by atoms with Gasteiger partial charge in [0, 0.05) is 13.1 Å². The summed E-state index contributed by atoms with van der Waals surface area (Å²) in [6.45, 7) is 0. The number of amides is 1. The summed E-state index contributed by atoms with van der Waals surface area (Å²) in [5.41, 5.74) is 0.166. The number of nitrogens with zero attached hydrogens (tertiary/aromatic N) is 1. The topological polar surface area (TPSA) is 60.8 Å². The zero-order chi connectivity index (χ0) is 12.4. The molecule has 4 heteroatoms. The molecule has 0 spiro atoms. The zero-order valence-corrected chi connectivity index (χ0v) is 9.89. The summed E-state index contributed by atoms with van der Waals surface area (Å²) in [6.07, 6.45) is 4.33. The van der Waals surface area contributed by atoms with Crippen LogP contribution in [0.3, 0.4) is 0 Å². The monoisotopic (exact) mass is 235 g/mol. The summed E-state index contributed by atoms with van der Waals surface area (Å²) in [4.78, 5) is 13.8. The van der Waals surface area contributed by atoms with Crippen LogP contribution in [0.5, 0.6) is 11.5 Å². The van der Waals surface area contributed by atoms with Crippen molar-refractivity contribution in [3.8, 4) is 11.5 Å². The summed E-state index contributed by atoms with van der Waals surface area (Å²) < 4.78 is 0. The molecule has 1 aromatic rings. The van der Waals surface area contributed by atoms with E-state index in [0.717, 1.165) is 25.7 Å². The van der Waals surface area contributed by atoms with E-state index >= 15 is 0 Å². The molecule has 1 aromatic carbocycles. The Kier molecular flexibility index (Phi) is 3.22. The van der Waals surface area contributed by atoms with Gasteiger partial charge >= 0.3 is 0 Å². The van der Waals surface area contributed by atoms with Crippen LogP contribution in [0.4, 0.5) is 0 Å². The number of rotatable bonds is 2. The standard InChI is InChI=1S/C13H17NO3/c1-14(9-4-2-3-5-9)13(17)11-8-10(15)6-7-12(11)16/h6-9,15-16H,2-5H2,1H3. The Balaban J connectivity index is 2.20. The highest BCUT2D eigenvalue weighted by Gasteiger charge is 2.25. The molecule has 1 amide bonds. The van der Waals surface area contributed by atoms with Crippen LogP contribution in [0, 0.1) is 0 Å². The van der Waals surface area contributed by atoms with Crippen LogP contribution in [0.25, 0.3) is 0 Å². The van der Waals surface area contributed by atoms with Crippen LogP contribution < -0.4 is 0 Å². The smallest absolute Gasteiger partial charge is 0.257 e. The minimum absolute atomic E-state index is 0.00836. The second-order valence-electron chi connectivity index (χ2n) is 4.56. The predicted octanol–water partition coefficient (Wildman–Crippen LogP) is 2.11. The van der Waals surface area contributed by atoms with E-state index in [0.29, 0.717) is 0 Å². The van der Waals surface area contributed by atoms with Gasteiger partial charge in [-0.25, -0.2) is 0 Å². The van der Waals surface area contributed by atoms with Crippen LogP contribution in [-0.4, -0.2) is 34.1 Å². The molecule has 0 radical (unpaired) electrons. The van der Waals surface area contributed by atoms with E-state index in [-0.39, 0.29) is 29.0 Å². The van der Waals surface area contributed by atoms with Crippen LogP contribution in [0.1, 0.15) is 36.0 Å². The van der Waals surface area contributed by atoms with Crippen LogP contribution in [-0.2, 0) is 0 Å². The normalized spacial score (nSPS) is 16.1. The van der Waals surface area contributed by atoms with Crippen molar-refractivity contribution in [3.63, 3.8) is 0 Å². The number of carbonyl (C=O) groups excluding carboxylic acids is 1. The molecule has 2 N–H and O–H groups in total. The van der Waals surface area contributed by atoms with Crippen molar-refractivity contribution in [2.75, 3.05) is 7.05 Å². The van der Waals surface area contributed by atoms with Gasteiger partial charge in [0.1, 0.15) is 11.5 Å². The maximum atomic E-state index is 12.2. The first kappa shape index (κ1) is 11.8. The van der Waals surface area contributed by atoms with E-state index in [1.807, 2.05) is 0 Å². The Bertz CT molecular complexity index is 425. The Hall–Kier alpha value is -1.71. The predicted molar refractivity (Wildman–Crippen MR) is 64.1 cm³/mol. The van der Waals surface area contributed by atoms with Gasteiger partial charge in [-0.15, -0.1) is 0 Å². The number of benzene rings is 1. The molecule has 0 heterocycles. The Morgan fingerprint density at radius 3 is 2.59 bits per heavy atom. The van der Waals surface area contributed by atoms with E-state index in [2.05, 4.69) is 0 Å². The van der Waals surface area contributed by atoms with E-state index in [9.17, 15) is 15.0 Å². The van der Waals surface area contributed by atoms with Gasteiger partial charge in [0.25, 0.3) is 5.91 Å². The SMILES string of the molecule is CN(C(=O)c1cc(O)ccc1O)C1CCCC1. The second kappa shape index (κ2) is 4.65. The molecule has 0 aliphatic heterocycles. The Morgan fingerprint density at radius 1 is 1.29 bits per heavy atom. The first-order chi connectivity index (χ1) is 8.09. The molecule has 1 fully saturated rings. The molecule has 17 heavy (non-hydrogen) atoms. The molecule has 0 saturated heterocycles. The number of phenols is 2. The van der Waals surface area contributed by atoms with Gasteiger partial charge in [0.15, 0.2) is 0 Å². The molecule has 0 unspecified atom stereocenters. The average molecular weight is 235 g/mol. The van der Waals surface area contributed by atoms with E-state index in [1.54, 1.807) is 11.9 Å². The lowest BCUT2D eigenvalue weighted by atomic mass is 10.1. The summed E-state index contributed by atoms with van der Waals surface area (Å²) in [6, 6.07) is 4.26. The van der Waals surface area contributed by atoms with Gasteiger partial charge in [-0.05, 0) is 31.0 Å². The number of hydrogen-bond donors (Lipinski definition) is 2. The van der Waals surface area contributed by atoms with Crippen LogP contribution >= 0.6 is 0 Å². The average Bonchev–Trinajstić information content (AvgIpc) is 2.84. The molecule has 0 bridgehead atoms. The number of phenolic OH excluding ortho intramolecular Hbond substituents is 2. The van der Waals surface area contributed by atoms with Crippen LogP contribution in [0.2, 0.25) is 0 Å². The molecule has 0 atom stereocenters. The molecule has 2 rings (SSSR count). The summed E-state index contributed by atoms with van der Waals surface area (Å²) in [5.74, 6) is -0.325. The highest BCUT2D eigenvalue weighted by Crippen LogP contribution is 2.27. The van der Waals surface area contributed by atoms with E-state index in [1.165, 1.54) is 18.2 Å². The number of hydrogen-bond acceptors (Lipinski definition) is 3. The second-order valence-corrected chi connectivity index (χ2v) is 4.56. The Morgan fingerprint density at radius 2 is 1.94 bits per heavy atom. The van der Waals surface area contributed by atoms with Gasteiger partial charge in [-0.3, -0.25) is 4.79 Å². The first-order valence-electron chi connectivity index (χ1n) is 5.88. The van der Waals surface area contributed by atoms with Crippen molar-refractivity contribution < 1.29 is 15.0 Å². The fourth-order valence-corrected chi connectivity index (χ4v) is 2.34. The molecule has 1 saturated carbocycles. The fraction of sp³-hybridized carbons (Fsp3) is 0.462. The van der Waals surface area contributed by atoms with Gasteiger partial charge < -0.3 is 15.1 Å². The summed E-state index contributed by atoms with van der Waals surface area (Å²) in [5, 5.41) is 19.0. The lowest BCUT2D eigenvalue weighted by Crippen LogP contribution is -2.35. The van der Waals surface area contributed by atoms with Crippen molar-refractivity contribution in [1.82, 2.24) is 4.90 Å². The lowest BCUT2D eigenvalue weighted by molar-refractivity contribution is 0.0731. The quantitative estimate of drug-likeness (QED) is 0.772. The molecule has 92 valence electrons. The molecule has 1 aliphatic rings. The molecule has 4 nitrogen and oxygen atoms in total. The first-order valence-corrected chi connectivity index (χ1v) is 5.88. The van der Waals surface area contributed by atoms with Crippen molar-refractivity contribution >= 4 is 5.91 Å². The largest absolute Gasteiger partial charge is 0.508 e. The minimum atomic E-state index is -0.231. The summed E-state index contributed by atoms with van der Waals surface area (Å²) >= 11 is 0. The zero-order valence-electron chi connectivity index (χ0n) is 9.89. The number of carbonyl (C=O) groups is 1. The number of aromatic hydroxyl groups is 2. The third kappa shape index (κ3) is 2.35. The van der Waals surface area contributed by atoms with E-state index < -0.39 is 0 Å². The van der Waals surface area contributed by atoms with Gasteiger partial charge in [-0.1, -0.05) is 12.8 Å². The third-order valence-corrected chi connectivity index (χ3v) is 3.40. The van der Waals surface area contributed by atoms with Crippen molar-refractivity contribution in [2.45, 2.75) is 31.7 Å². The van der Waals surface area contributed by atoms with Gasteiger partial charge in [0.2, 0.25) is 0 Å². The molecule has 1 aliphatic carbocycles. The van der Waals surface area contributed by atoms with Gasteiger partial charge in [-0.2, -0.15) is 0 Å². The summed E-state index contributed by atoms with van der Waals surface area (Å²) in [7, 11) is 1.75. The third-order valence-electron chi connectivity index (χ3n) is 3.40. The minimum Gasteiger partial charge on any atom is -0.508 e. The van der Waals surface area contributed by atoms with Gasteiger partial charge in [0.05, 0.1) is 5.56 Å². The Labute approximate surface area is 100 Å².